The molecule has 5 rings (SSSR count). The van der Waals surface area contributed by atoms with E-state index in [1.807, 2.05) is 17.9 Å². The first-order valence-corrected chi connectivity index (χ1v) is 14.1. The van der Waals surface area contributed by atoms with Gasteiger partial charge in [0, 0.05) is 55.3 Å². The fraction of sp³-hybridized carbons (Fsp3) is 0.484. The summed E-state index contributed by atoms with van der Waals surface area (Å²) in [4.78, 5) is 17.9. The van der Waals surface area contributed by atoms with Crippen molar-refractivity contribution in [2.75, 3.05) is 26.2 Å². The highest BCUT2D eigenvalue weighted by Crippen LogP contribution is 2.40. The lowest BCUT2D eigenvalue weighted by Gasteiger charge is -2.35. The monoisotopic (exact) mass is 590 g/mol. The molecule has 1 amide bonds. The fourth-order valence-corrected chi connectivity index (χ4v) is 6.16. The summed E-state index contributed by atoms with van der Waals surface area (Å²) in [5.41, 5.74) is 2.46. The molecule has 226 valence electrons. The first-order chi connectivity index (χ1) is 19.7. The summed E-state index contributed by atoms with van der Waals surface area (Å²) in [6.07, 6.45) is -3.41. The molecule has 2 atom stereocenters. The van der Waals surface area contributed by atoms with E-state index in [0.717, 1.165) is 17.5 Å². The molecule has 0 unspecified atom stereocenters. The number of nitrogens with zero attached hydrogens (tertiary/aromatic N) is 4. The molecule has 3 aromatic rings. The van der Waals surface area contributed by atoms with Crippen LogP contribution >= 0.6 is 0 Å². The first-order valence-electron chi connectivity index (χ1n) is 14.1. The minimum Gasteiger partial charge on any atom is -0.406 e. The number of aryl methyl sites for hydroxylation is 1. The van der Waals surface area contributed by atoms with Gasteiger partial charge in [0.2, 0.25) is 5.91 Å². The highest BCUT2D eigenvalue weighted by Gasteiger charge is 2.45. The van der Waals surface area contributed by atoms with Crippen LogP contribution in [0.4, 0.5) is 22.0 Å². The van der Waals surface area contributed by atoms with Crippen LogP contribution in [0.25, 0.3) is 5.69 Å². The second kappa shape index (κ2) is 11.3. The molecule has 1 aromatic heterocycles. The number of amides is 1. The minimum absolute atomic E-state index is 0.0288. The maximum atomic E-state index is 14.9. The van der Waals surface area contributed by atoms with E-state index in [0.29, 0.717) is 50.3 Å². The van der Waals surface area contributed by atoms with Gasteiger partial charge < -0.3 is 9.64 Å². The molecule has 0 N–H and O–H groups in total. The Morgan fingerprint density at radius 1 is 0.952 bits per heavy atom. The predicted octanol–water partition coefficient (Wildman–Crippen LogP) is 6.58. The molecule has 2 fully saturated rings. The van der Waals surface area contributed by atoms with Crippen LogP contribution in [-0.4, -0.2) is 63.6 Å². The van der Waals surface area contributed by atoms with Crippen molar-refractivity contribution < 1.29 is 31.5 Å². The third-order valence-electron chi connectivity index (χ3n) is 8.35. The van der Waals surface area contributed by atoms with Gasteiger partial charge in [-0.1, -0.05) is 6.07 Å². The quantitative estimate of drug-likeness (QED) is 0.315. The van der Waals surface area contributed by atoms with E-state index in [-0.39, 0.29) is 29.0 Å². The van der Waals surface area contributed by atoms with E-state index in [1.165, 1.54) is 36.4 Å². The standard InChI is InChI=1S/C31H35F5N4O2/c1-19-15-28(40(37-19)22-6-8-23(9-7-22)42-31(34,35)36)20-11-13-38(14-12-20)29(41)26-18-39(30(2,3)4)17-25(26)24-10-5-21(32)16-27(24)33/h5-10,15-16,20,25-26H,11-14,17-18H2,1-4H3/t25-,26+/m0/s1. The zero-order chi connectivity index (χ0) is 30.4. The molecule has 6 nitrogen and oxygen atoms in total. The van der Waals surface area contributed by atoms with Crippen LogP contribution in [0, 0.1) is 24.5 Å². The molecule has 2 aliphatic rings. The normalized spacial score (nSPS) is 20.7. The number of benzene rings is 2. The van der Waals surface area contributed by atoms with Crippen molar-refractivity contribution in [3.8, 4) is 11.4 Å². The van der Waals surface area contributed by atoms with E-state index in [1.54, 1.807) is 4.68 Å². The lowest BCUT2D eigenvalue weighted by Crippen LogP contribution is -2.44. The maximum Gasteiger partial charge on any atom is 0.573 e. The molecular formula is C31H35F5N4O2. The largest absolute Gasteiger partial charge is 0.573 e. The molecule has 0 bridgehead atoms. The summed E-state index contributed by atoms with van der Waals surface area (Å²) in [7, 11) is 0. The van der Waals surface area contributed by atoms with Crippen molar-refractivity contribution in [1.82, 2.24) is 19.6 Å². The minimum atomic E-state index is -4.77. The fourth-order valence-electron chi connectivity index (χ4n) is 6.16. The van der Waals surface area contributed by atoms with Crippen LogP contribution in [0.3, 0.4) is 0 Å². The summed E-state index contributed by atoms with van der Waals surface area (Å²) in [6, 6.07) is 11.1. The Kier molecular flexibility index (Phi) is 8.08. The Balaban J connectivity index is 1.31. The van der Waals surface area contributed by atoms with E-state index < -0.39 is 23.9 Å². The van der Waals surface area contributed by atoms with Crippen molar-refractivity contribution in [3.63, 3.8) is 0 Å². The van der Waals surface area contributed by atoms with Gasteiger partial charge in [-0.15, -0.1) is 13.2 Å². The van der Waals surface area contributed by atoms with Crippen LogP contribution in [0.5, 0.6) is 5.75 Å². The van der Waals surface area contributed by atoms with Crippen molar-refractivity contribution in [2.24, 2.45) is 5.92 Å². The lowest BCUT2D eigenvalue weighted by molar-refractivity contribution is -0.274. The average Bonchev–Trinajstić information content (AvgIpc) is 3.52. The van der Waals surface area contributed by atoms with Gasteiger partial charge in [-0.3, -0.25) is 9.69 Å². The number of rotatable bonds is 5. The number of halogens is 5. The van der Waals surface area contributed by atoms with Gasteiger partial charge in [-0.25, -0.2) is 13.5 Å². The van der Waals surface area contributed by atoms with Crippen LogP contribution in [-0.2, 0) is 4.79 Å². The number of piperidine rings is 1. The first kappa shape index (κ1) is 30.0. The van der Waals surface area contributed by atoms with E-state index in [2.05, 4.69) is 35.5 Å². The maximum absolute atomic E-state index is 14.9. The summed E-state index contributed by atoms with van der Waals surface area (Å²) < 4.78 is 72.0. The van der Waals surface area contributed by atoms with E-state index >= 15 is 0 Å². The molecule has 42 heavy (non-hydrogen) atoms. The molecule has 3 heterocycles. The number of carbonyl (C=O) groups excluding carboxylic acids is 1. The molecule has 0 spiro atoms. The van der Waals surface area contributed by atoms with Crippen molar-refractivity contribution >= 4 is 5.91 Å². The lowest BCUT2D eigenvalue weighted by atomic mass is 9.86. The third-order valence-corrected chi connectivity index (χ3v) is 8.35. The zero-order valence-corrected chi connectivity index (χ0v) is 24.1. The van der Waals surface area contributed by atoms with Crippen molar-refractivity contribution in [2.45, 2.75) is 64.3 Å². The van der Waals surface area contributed by atoms with Gasteiger partial charge in [0.25, 0.3) is 0 Å². The molecule has 0 radical (unpaired) electrons. The van der Waals surface area contributed by atoms with Crippen LogP contribution in [0.1, 0.15) is 62.4 Å². The second-order valence-corrected chi connectivity index (χ2v) is 12.2. The predicted molar refractivity (Wildman–Crippen MR) is 147 cm³/mol. The Morgan fingerprint density at radius 3 is 2.21 bits per heavy atom. The molecule has 0 saturated carbocycles. The molecule has 0 aliphatic carbocycles. The Hall–Kier alpha value is -3.47. The van der Waals surface area contributed by atoms with Gasteiger partial charge in [-0.05, 0) is 82.5 Å². The number of hydrogen-bond acceptors (Lipinski definition) is 4. The van der Waals surface area contributed by atoms with Crippen LogP contribution in [0.2, 0.25) is 0 Å². The number of alkyl halides is 3. The topological polar surface area (TPSA) is 50.6 Å². The Labute approximate surface area is 242 Å². The Bertz CT molecular complexity index is 1420. The van der Waals surface area contributed by atoms with Crippen molar-refractivity contribution in [3.05, 3.63) is 77.1 Å². The molecule has 2 saturated heterocycles. The number of hydrogen-bond donors (Lipinski definition) is 0. The summed E-state index contributed by atoms with van der Waals surface area (Å²) in [6.45, 7) is 10.1. The summed E-state index contributed by atoms with van der Waals surface area (Å²) in [5.74, 6) is -2.37. The zero-order valence-electron chi connectivity index (χ0n) is 24.1. The van der Waals surface area contributed by atoms with Gasteiger partial charge in [0.1, 0.15) is 17.4 Å². The van der Waals surface area contributed by atoms with Crippen LogP contribution < -0.4 is 4.74 Å². The van der Waals surface area contributed by atoms with Gasteiger partial charge in [0.05, 0.1) is 17.3 Å². The number of likely N-dealkylation sites (tertiary alicyclic amines) is 2. The van der Waals surface area contributed by atoms with Crippen molar-refractivity contribution in [1.29, 1.82) is 0 Å². The smallest absolute Gasteiger partial charge is 0.406 e. The molecular weight excluding hydrogens is 555 g/mol. The molecule has 11 heteroatoms. The Morgan fingerprint density at radius 2 is 1.62 bits per heavy atom. The molecule has 2 aromatic carbocycles. The number of aromatic nitrogens is 2. The average molecular weight is 591 g/mol. The summed E-state index contributed by atoms with van der Waals surface area (Å²) >= 11 is 0. The molecule has 2 aliphatic heterocycles. The van der Waals surface area contributed by atoms with Gasteiger partial charge in [-0.2, -0.15) is 5.10 Å². The summed E-state index contributed by atoms with van der Waals surface area (Å²) in [5, 5.41) is 4.57. The number of carbonyl (C=O) groups is 1. The SMILES string of the molecule is Cc1cc(C2CCN(C(=O)[C@@H]3CN(C(C)(C)C)C[C@H]3c3ccc(F)cc3F)CC2)n(-c2ccc(OC(F)(F)F)cc2)n1. The van der Waals surface area contributed by atoms with E-state index in [9.17, 15) is 26.7 Å². The highest BCUT2D eigenvalue weighted by molar-refractivity contribution is 5.81. The highest BCUT2D eigenvalue weighted by atomic mass is 19.4. The second-order valence-electron chi connectivity index (χ2n) is 12.2. The third kappa shape index (κ3) is 6.45. The van der Waals surface area contributed by atoms with E-state index in [4.69, 9.17) is 0 Å². The van der Waals surface area contributed by atoms with Gasteiger partial charge in [0.15, 0.2) is 0 Å². The number of ether oxygens (including phenoxy) is 1. The van der Waals surface area contributed by atoms with Crippen LogP contribution in [0.15, 0.2) is 48.5 Å². The van der Waals surface area contributed by atoms with Gasteiger partial charge >= 0.3 is 6.36 Å².